The first-order valence-corrected chi connectivity index (χ1v) is 6.19. The van der Waals surface area contributed by atoms with Crippen molar-refractivity contribution in [2.24, 2.45) is 0 Å². The molecule has 1 aliphatic heterocycles. The summed E-state index contributed by atoms with van der Waals surface area (Å²) in [6.07, 6.45) is 2.50. The topological polar surface area (TPSA) is 32.3 Å². The quantitative estimate of drug-likeness (QED) is 0.867. The second kappa shape index (κ2) is 6.00. The molecular weight excluding hydrogens is 253 g/mol. The molecule has 1 aromatic carbocycles. The number of aliphatic hydroxyl groups excluding tert-OH is 1. The van der Waals surface area contributed by atoms with Crippen molar-refractivity contribution in [3.63, 3.8) is 0 Å². The Kier molecular flexibility index (Phi) is 5.14. The van der Waals surface area contributed by atoms with Crippen LogP contribution < -0.4 is 5.32 Å². The molecule has 0 radical (unpaired) electrons. The van der Waals surface area contributed by atoms with Gasteiger partial charge in [0.25, 0.3) is 0 Å². The van der Waals surface area contributed by atoms with Gasteiger partial charge in [-0.1, -0.05) is 12.1 Å². The Bertz CT molecular complexity index is 397. The van der Waals surface area contributed by atoms with E-state index in [9.17, 15) is 9.50 Å². The Morgan fingerprint density at radius 1 is 1.44 bits per heavy atom. The highest BCUT2D eigenvalue weighted by atomic mass is 35.5. The van der Waals surface area contributed by atoms with Crippen molar-refractivity contribution in [2.45, 2.75) is 50.8 Å². The van der Waals surface area contributed by atoms with Gasteiger partial charge in [-0.3, -0.25) is 0 Å². The average molecular weight is 274 g/mol. The van der Waals surface area contributed by atoms with Crippen molar-refractivity contribution in [2.75, 3.05) is 0 Å². The number of rotatable bonds is 2. The summed E-state index contributed by atoms with van der Waals surface area (Å²) in [7, 11) is 0. The van der Waals surface area contributed by atoms with E-state index < -0.39 is 6.10 Å². The van der Waals surface area contributed by atoms with Crippen molar-refractivity contribution in [1.29, 1.82) is 0 Å². The normalized spacial score (nSPS) is 24.1. The smallest absolute Gasteiger partial charge is 0.123 e. The standard InChI is InChI=1S/C14H20FNO.ClH/c1-14(2)8-4-7-12(16-14)13(17)10-5-3-6-11(15)9-10;/h3,5-6,9,12-13,16-17H,4,7-8H2,1-2H3;1H/t12?,13-;/m1./s1. The van der Waals surface area contributed by atoms with E-state index in [1.165, 1.54) is 12.1 Å². The summed E-state index contributed by atoms with van der Waals surface area (Å²) in [5.74, 6) is -0.295. The highest BCUT2D eigenvalue weighted by Crippen LogP contribution is 2.29. The van der Waals surface area contributed by atoms with E-state index in [0.29, 0.717) is 5.56 Å². The summed E-state index contributed by atoms with van der Waals surface area (Å²) in [5, 5.41) is 13.7. The Morgan fingerprint density at radius 2 is 2.17 bits per heavy atom. The Morgan fingerprint density at radius 3 is 2.78 bits per heavy atom. The molecule has 0 amide bonds. The molecule has 0 bridgehead atoms. The maximum absolute atomic E-state index is 13.1. The van der Waals surface area contributed by atoms with E-state index in [-0.39, 0.29) is 29.8 Å². The Labute approximate surface area is 114 Å². The van der Waals surface area contributed by atoms with Crippen LogP contribution in [0.4, 0.5) is 4.39 Å². The second-order valence-electron chi connectivity index (χ2n) is 5.53. The van der Waals surface area contributed by atoms with Crippen LogP contribution in [0.2, 0.25) is 0 Å². The molecule has 0 saturated carbocycles. The van der Waals surface area contributed by atoms with Crippen molar-refractivity contribution >= 4 is 12.4 Å². The van der Waals surface area contributed by atoms with Crippen LogP contribution in [-0.4, -0.2) is 16.7 Å². The molecule has 0 aromatic heterocycles. The lowest BCUT2D eigenvalue weighted by Gasteiger charge is -2.39. The molecular formula is C14H21ClFNO. The van der Waals surface area contributed by atoms with Gasteiger partial charge in [-0.2, -0.15) is 0 Å². The lowest BCUT2D eigenvalue weighted by molar-refractivity contribution is 0.0842. The van der Waals surface area contributed by atoms with Gasteiger partial charge < -0.3 is 10.4 Å². The minimum atomic E-state index is -0.634. The predicted octanol–water partition coefficient (Wildman–Crippen LogP) is 3.20. The van der Waals surface area contributed by atoms with Crippen LogP contribution in [0.5, 0.6) is 0 Å². The van der Waals surface area contributed by atoms with Crippen molar-refractivity contribution in [3.8, 4) is 0 Å². The molecule has 2 rings (SSSR count). The Balaban J connectivity index is 0.00000162. The van der Waals surface area contributed by atoms with Crippen molar-refractivity contribution in [3.05, 3.63) is 35.6 Å². The minimum Gasteiger partial charge on any atom is -0.387 e. The molecule has 1 saturated heterocycles. The molecule has 18 heavy (non-hydrogen) atoms. The fourth-order valence-corrected chi connectivity index (χ4v) is 2.57. The van der Waals surface area contributed by atoms with Crippen LogP contribution in [0.25, 0.3) is 0 Å². The summed E-state index contributed by atoms with van der Waals surface area (Å²) in [6, 6.07) is 6.24. The number of hydrogen-bond donors (Lipinski definition) is 2. The highest BCUT2D eigenvalue weighted by molar-refractivity contribution is 5.85. The fraction of sp³-hybridized carbons (Fsp3) is 0.571. The molecule has 4 heteroatoms. The van der Waals surface area contributed by atoms with Gasteiger partial charge in [-0.15, -0.1) is 12.4 Å². The summed E-state index contributed by atoms with van der Waals surface area (Å²) in [6.45, 7) is 4.27. The molecule has 1 unspecified atom stereocenters. The molecule has 1 aromatic rings. The number of aliphatic hydroxyl groups is 1. The number of benzene rings is 1. The largest absolute Gasteiger partial charge is 0.387 e. The van der Waals surface area contributed by atoms with Crippen LogP contribution in [0, 0.1) is 5.82 Å². The van der Waals surface area contributed by atoms with Gasteiger partial charge in [-0.05, 0) is 50.8 Å². The number of hydrogen-bond acceptors (Lipinski definition) is 2. The summed E-state index contributed by atoms with van der Waals surface area (Å²) in [5.41, 5.74) is 0.706. The molecule has 102 valence electrons. The highest BCUT2D eigenvalue weighted by Gasteiger charge is 2.31. The molecule has 1 aliphatic rings. The van der Waals surface area contributed by atoms with Gasteiger partial charge in [0.05, 0.1) is 6.10 Å². The van der Waals surface area contributed by atoms with Crippen LogP contribution in [-0.2, 0) is 0 Å². The van der Waals surface area contributed by atoms with Gasteiger partial charge >= 0.3 is 0 Å². The zero-order chi connectivity index (χ0) is 12.5. The molecule has 2 nitrogen and oxygen atoms in total. The van der Waals surface area contributed by atoms with Crippen LogP contribution in [0.15, 0.2) is 24.3 Å². The maximum atomic E-state index is 13.1. The molecule has 1 fully saturated rings. The first-order chi connectivity index (χ1) is 7.98. The fourth-order valence-electron chi connectivity index (χ4n) is 2.57. The monoisotopic (exact) mass is 273 g/mol. The van der Waals surface area contributed by atoms with Gasteiger partial charge in [0.15, 0.2) is 0 Å². The van der Waals surface area contributed by atoms with E-state index in [1.54, 1.807) is 12.1 Å². The first-order valence-electron chi connectivity index (χ1n) is 6.19. The summed E-state index contributed by atoms with van der Waals surface area (Å²) in [4.78, 5) is 0. The third kappa shape index (κ3) is 3.67. The van der Waals surface area contributed by atoms with Crippen LogP contribution in [0.3, 0.4) is 0 Å². The molecule has 2 atom stereocenters. The van der Waals surface area contributed by atoms with E-state index in [0.717, 1.165) is 19.3 Å². The molecule has 0 aliphatic carbocycles. The van der Waals surface area contributed by atoms with Gasteiger partial charge in [0, 0.05) is 11.6 Å². The van der Waals surface area contributed by atoms with Crippen LogP contribution >= 0.6 is 12.4 Å². The maximum Gasteiger partial charge on any atom is 0.123 e. The second-order valence-corrected chi connectivity index (χ2v) is 5.53. The summed E-state index contributed by atoms with van der Waals surface area (Å²) >= 11 is 0. The number of halogens is 2. The SMILES string of the molecule is CC1(C)CCCC([C@H](O)c2cccc(F)c2)N1.Cl. The zero-order valence-corrected chi connectivity index (χ0v) is 11.6. The Hall–Kier alpha value is -0.640. The molecule has 1 heterocycles. The average Bonchev–Trinajstić information content (AvgIpc) is 2.26. The third-order valence-corrected chi connectivity index (χ3v) is 3.46. The van der Waals surface area contributed by atoms with E-state index in [2.05, 4.69) is 19.2 Å². The number of piperidine rings is 1. The first kappa shape index (κ1) is 15.4. The summed E-state index contributed by atoms with van der Waals surface area (Å²) < 4.78 is 13.1. The zero-order valence-electron chi connectivity index (χ0n) is 10.8. The van der Waals surface area contributed by atoms with Crippen LogP contribution in [0.1, 0.15) is 44.8 Å². The van der Waals surface area contributed by atoms with Crippen molar-refractivity contribution < 1.29 is 9.50 Å². The van der Waals surface area contributed by atoms with E-state index >= 15 is 0 Å². The molecule has 2 N–H and O–H groups in total. The molecule has 0 spiro atoms. The third-order valence-electron chi connectivity index (χ3n) is 3.46. The van der Waals surface area contributed by atoms with Gasteiger partial charge in [0.1, 0.15) is 5.82 Å². The van der Waals surface area contributed by atoms with Gasteiger partial charge in [0.2, 0.25) is 0 Å². The van der Waals surface area contributed by atoms with E-state index in [4.69, 9.17) is 0 Å². The van der Waals surface area contributed by atoms with Crippen molar-refractivity contribution in [1.82, 2.24) is 5.32 Å². The number of nitrogens with one attached hydrogen (secondary N) is 1. The van der Waals surface area contributed by atoms with E-state index in [1.807, 2.05) is 0 Å². The minimum absolute atomic E-state index is 0. The predicted molar refractivity (Wildman–Crippen MR) is 73.5 cm³/mol. The van der Waals surface area contributed by atoms with Gasteiger partial charge in [-0.25, -0.2) is 4.39 Å². The lowest BCUT2D eigenvalue weighted by atomic mass is 9.85. The lowest BCUT2D eigenvalue weighted by Crippen LogP contribution is -2.51.